The van der Waals surface area contributed by atoms with Gasteiger partial charge in [0.1, 0.15) is 0 Å². The molecule has 0 amide bonds. The molecule has 0 bridgehead atoms. The van der Waals surface area contributed by atoms with E-state index in [-0.39, 0.29) is 0 Å². The van der Waals surface area contributed by atoms with Crippen LogP contribution in [-0.4, -0.2) is 0 Å². The highest BCUT2D eigenvalue weighted by Gasteiger charge is 2.03. The van der Waals surface area contributed by atoms with E-state index in [1.807, 2.05) is 0 Å². The third-order valence-corrected chi connectivity index (χ3v) is 6.14. The molecule has 0 aliphatic carbocycles. The van der Waals surface area contributed by atoms with Gasteiger partial charge < -0.3 is 0 Å². The van der Waals surface area contributed by atoms with Crippen LogP contribution in [0.5, 0.6) is 0 Å². The van der Waals surface area contributed by atoms with Gasteiger partial charge in [-0.3, -0.25) is 0 Å². The zero-order valence-corrected chi connectivity index (χ0v) is 18.6. The summed E-state index contributed by atoms with van der Waals surface area (Å²) >= 11 is 0. The van der Waals surface area contributed by atoms with E-state index in [4.69, 9.17) is 0 Å². The molecule has 0 N–H and O–H groups in total. The minimum atomic E-state index is 0.945. The molecule has 0 radical (unpaired) electrons. The Morgan fingerprint density at radius 3 is 1.08 bits per heavy atom. The zero-order valence-electron chi connectivity index (χ0n) is 18.6. The van der Waals surface area contributed by atoms with Crippen molar-refractivity contribution in [3.05, 3.63) is 0 Å². The van der Waals surface area contributed by atoms with Gasteiger partial charge in [-0.05, 0) is 11.8 Å². The lowest BCUT2D eigenvalue weighted by Crippen LogP contribution is -1.95. The van der Waals surface area contributed by atoms with Gasteiger partial charge in [0.15, 0.2) is 0 Å². The molecule has 2 atom stereocenters. The number of hydrogen-bond donors (Lipinski definition) is 0. The highest BCUT2D eigenvalue weighted by atomic mass is 14.1. The van der Waals surface area contributed by atoms with Crippen LogP contribution < -0.4 is 0 Å². The van der Waals surface area contributed by atoms with Crippen LogP contribution in [0.1, 0.15) is 150 Å². The Bertz CT molecular complexity index is 232. The van der Waals surface area contributed by atoms with Crippen molar-refractivity contribution in [1.29, 1.82) is 0 Å². The maximum Gasteiger partial charge on any atom is -0.0443 e. The summed E-state index contributed by atoms with van der Waals surface area (Å²) in [5.74, 6) is 1.91. The molecule has 152 valence electrons. The van der Waals surface area contributed by atoms with Crippen molar-refractivity contribution in [2.75, 3.05) is 0 Å². The number of unbranched alkanes of at least 4 members (excludes halogenated alkanes) is 13. The Balaban J connectivity index is 3.17. The lowest BCUT2D eigenvalue weighted by atomic mass is 9.95. The molecule has 0 aromatic rings. The Labute approximate surface area is 161 Å². The van der Waals surface area contributed by atoms with Gasteiger partial charge >= 0.3 is 0 Å². The first kappa shape index (κ1) is 25.0. The molecule has 0 aromatic carbocycles. The minimum Gasteiger partial charge on any atom is -0.0654 e. The van der Waals surface area contributed by atoms with Gasteiger partial charge in [0.2, 0.25) is 0 Å². The van der Waals surface area contributed by atoms with E-state index in [1.165, 1.54) is 122 Å². The summed E-state index contributed by atoms with van der Waals surface area (Å²) in [7, 11) is 0. The first-order valence-corrected chi connectivity index (χ1v) is 12.2. The van der Waals surface area contributed by atoms with Gasteiger partial charge in [-0.2, -0.15) is 0 Å². The van der Waals surface area contributed by atoms with E-state index in [0.717, 1.165) is 11.8 Å². The van der Waals surface area contributed by atoms with Gasteiger partial charge in [0.25, 0.3) is 0 Å². The van der Waals surface area contributed by atoms with Crippen LogP contribution in [-0.2, 0) is 0 Å². The van der Waals surface area contributed by atoms with Gasteiger partial charge in [0.05, 0.1) is 0 Å². The van der Waals surface area contributed by atoms with E-state index in [0.29, 0.717) is 0 Å². The summed E-state index contributed by atoms with van der Waals surface area (Å²) in [5.41, 5.74) is 0. The highest BCUT2D eigenvalue weighted by molar-refractivity contribution is 4.57. The van der Waals surface area contributed by atoms with Crippen molar-refractivity contribution in [2.24, 2.45) is 11.8 Å². The molecule has 0 nitrogen and oxygen atoms in total. The molecule has 0 heteroatoms. The third kappa shape index (κ3) is 20.2. The summed E-state index contributed by atoms with van der Waals surface area (Å²) in [4.78, 5) is 0. The Morgan fingerprint density at radius 2 is 0.720 bits per heavy atom. The number of rotatable bonds is 20. The van der Waals surface area contributed by atoms with Crippen LogP contribution >= 0.6 is 0 Å². The average molecular weight is 353 g/mol. The predicted molar refractivity (Wildman–Crippen MR) is 117 cm³/mol. The molecule has 0 saturated heterocycles. The van der Waals surface area contributed by atoms with Crippen LogP contribution in [0.25, 0.3) is 0 Å². The normalized spacial score (nSPS) is 13.9. The minimum absolute atomic E-state index is 0.945. The summed E-state index contributed by atoms with van der Waals surface area (Å²) in [5, 5.41) is 0. The van der Waals surface area contributed by atoms with E-state index < -0.39 is 0 Å². The SMILES string of the molecule is CCCCCCCCCCCCC(C)CCCCCCCC(C)CC. The summed E-state index contributed by atoms with van der Waals surface area (Å²) in [6.45, 7) is 9.50. The van der Waals surface area contributed by atoms with Gasteiger partial charge in [-0.15, -0.1) is 0 Å². The fourth-order valence-corrected chi connectivity index (χ4v) is 3.84. The molecule has 0 heterocycles. The van der Waals surface area contributed by atoms with Crippen molar-refractivity contribution < 1.29 is 0 Å². The van der Waals surface area contributed by atoms with Crippen LogP contribution in [0, 0.1) is 11.8 Å². The maximum atomic E-state index is 2.48. The fraction of sp³-hybridized carbons (Fsp3) is 1.00. The second kappa shape index (κ2) is 20.3. The number of hydrogen-bond acceptors (Lipinski definition) is 0. The molecule has 0 aliphatic heterocycles. The first-order chi connectivity index (χ1) is 12.2. The standard InChI is InChI=1S/C25H52/c1-5-7-8-9-10-11-12-13-15-19-22-25(4)23-20-17-14-16-18-21-24(3)6-2/h24-25H,5-23H2,1-4H3. The van der Waals surface area contributed by atoms with Gasteiger partial charge in [0, 0.05) is 0 Å². The molecule has 25 heavy (non-hydrogen) atoms. The molecule has 0 saturated carbocycles. The summed E-state index contributed by atoms with van der Waals surface area (Å²) in [6, 6.07) is 0. The molecule has 0 spiro atoms. The lowest BCUT2D eigenvalue weighted by molar-refractivity contribution is 0.425. The lowest BCUT2D eigenvalue weighted by Gasteiger charge is -2.11. The van der Waals surface area contributed by atoms with E-state index >= 15 is 0 Å². The van der Waals surface area contributed by atoms with Gasteiger partial charge in [-0.1, -0.05) is 150 Å². The maximum absolute atomic E-state index is 2.48. The smallest absolute Gasteiger partial charge is 0.0443 e. The van der Waals surface area contributed by atoms with Crippen molar-refractivity contribution in [2.45, 2.75) is 150 Å². The Morgan fingerprint density at radius 1 is 0.400 bits per heavy atom. The van der Waals surface area contributed by atoms with Gasteiger partial charge in [-0.25, -0.2) is 0 Å². The molecule has 0 aromatic heterocycles. The highest BCUT2D eigenvalue weighted by Crippen LogP contribution is 2.19. The van der Waals surface area contributed by atoms with Crippen LogP contribution in [0.2, 0.25) is 0 Å². The molecular weight excluding hydrogens is 300 g/mol. The van der Waals surface area contributed by atoms with Crippen molar-refractivity contribution in [3.63, 3.8) is 0 Å². The second-order valence-corrected chi connectivity index (χ2v) is 8.93. The van der Waals surface area contributed by atoms with Crippen molar-refractivity contribution in [3.8, 4) is 0 Å². The quantitative estimate of drug-likeness (QED) is 0.191. The Hall–Kier alpha value is 0. The van der Waals surface area contributed by atoms with E-state index in [9.17, 15) is 0 Å². The second-order valence-electron chi connectivity index (χ2n) is 8.93. The Kier molecular flexibility index (Phi) is 20.3. The predicted octanol–water partition coefficient (Wildman–Crippen LogP) is 9.71. The molecule has 0 rings (SSSR count). The van der Waals surface area contributed by atoms with Crippen LogP contribution in [0.4, 0.5) is 0 Å². The van der Waals surface area contributed by atoms with Crippen molar-refractivity contribution in [1.82, 2.24) is 0 Å². The molecular formula is C25H52. The van der Waals surface area contributed by atoms with E-state index in [2.05, 4.69) is 27.7 Å². The summed E-state index contributed by atoms with van der Waals surface area (Å²) in [6.07, 6.45) is 27.8. The molecule has 2 unspecified atom stereocenters. The molecule has 0 aliphatic rings. The van der Waals surface area contributed by atoms with Crippen LogP contribution in [0.3, 0.4) is 0 Å². The molecule has 0 fully saturated rings. The van der Waals surface area contributed by atoms with Crippen LogP contribution in [0.15, 0.2) is 0 Å². The van der Waals surface area contributed by atoms with E-state index in [1.54, 1.807) is 0 Å². The average Bonchev–Trinajstić information content (AvgIpc) is 2.62. The summed E-state index contributed by atoms with van der Waals surface area (Å²) < 4.78 is 0. The third-order valence-electron chi connectivity index (χ3n) is 6.14. The first-order valence-electron chi connectivity index (χ1n) is 12.2. The zero-order chi connectivity index (χ0) is 18.6. The fourth-order valence-electron chi connectivity index (χ4n) is 3.84. The topological polar surface area (TPSA) is 0 Å². The largest absolute Gasteiger partial charge is 0.0654 e. The monoisotopic (exact) mass is 352 g/mol. The van der Waals surface area contributed by atoms with Crippen molar-refractivity contribution >= 4 is 0 Å².